The topological polar surface area (TPSA) is 61.9 Å². The molecule has 22 heavy (non-hydrogen) atoms. The van der Waals surface area contributed by atoms with Crippen LogP contribution in [-0.2, 0) is 14.3 Å². The van der Waals surface area contributed by atoms with Gasteiger partial charge in [-0.15, -0.1) is 0 Å². The summed E-state index contributed by atoms with van der Waals surface area (Å²) in [7, 11) is 0. The zero-order valence-electron chi connectivity index (χ0n) is 13.8. The highest BCUT2D eigenvalue weighted by Crippen LogP contribution is 2.12. The Kier molecular flexibility index (Phi) is 6.64. The summed E-state index contributed by atoms with van der Waals surface area (Å²) >= 11 is 0. The summed E-state index contributed by atoms with van der Waals surface area (Å²) in [6, 6.07) is -0.641. The number of carbonyl (C=O) groups is 2. The van der Waals surface area contributed by atoms with Gasteiger partial charge in [-0.1, -0.05) is 12.8 Å². The lowest BCUT2D eigenvalue weighted by Gasteiger charge is -2.31. The predicted octanol–water partition coefficient (Wildman–Crippen LogP) is 0.614. The maximum absolute atomic E-state index is 12.4. The Morgan fingerprint density at radius 3 is 2.14 bits per heavy atom. The summed E-state index contributed by atoms with van der Waals surface area (Å²) < 4.78 is 5.25. The average Bonchev–Trinajstić information content (AvgIpc) is 2.83. The van der Waals surface area contributed by atoms with E-state index < -0.39 is 6.04 Å². The first kappa shape index (κ1) is 17.2. The summed E-state index contributed by atoms with van der Waals surface area (Å²) in [6.07, 6.45) is 4.80. The van der Waals surface area contributed by atoms with Gasteiger partial charge in [-0.3, -0.25) is 14.5 Å². The second-order valence-corrected chi connectivity index (χ2v) is 6.29. The maximum atomic E-state index is 12.4. The normalized spacial score (nSPS) is 23.5. The van der Waals surface area contributed by atoms with Crippen molar-refractivity contribution in [3.63, 3.8) is 0 Å². The summed E-state index contributed by atoms with van der Waals surface area (Å²) in [5, 5.41) is 2.88. The smallest absolute Gasteiger partial charge is 0.245 e. The van der Waals surface area contributed by atoms with E-state index in [9.17, 15) is 9.59 Å². The standard InChI is InChI=1S/C16H29N3O3/c1-13(16(21)19-9-11-22-12-10-19)17-15(20)14(2)18-7-5-3-4-6-8-18/h13-14H,3-12H2,1-2H3,(H,17,20). The van der Waals surface area contributed by atoms with Crippen LogP contribution in [0.5, 0.6) is 0 Å². The van der Waals surface area contributed by atoms with Crippen LogP contribution in [0.1, 0.15) is 39.5 Å². The van der Waals surface area contributed by atoms with Gasteiger partial charge in [0.2, 0.25) is 11.8 Å². The van der Waals surface area contributed by atoms with Crippen molar-refractivity contribution in [2.24, 2.45) is 0 Å². The van der Waals surface area contributed by atoms with Gasteiger partial charge in [-0.05, 0) is 39.8 Å². The van der Waals surface area contributed by atoms with Gasteiger partial charge in [0.15, 0.2) is 0 Å². The van der Waals surface area contributed by atoms with Crippen LogP contribution >= 0.6 is 0 Å². The minimum Gasteiger partial charge on any atom is -0.378 e. The minimum atomic E-state index is -0.472. The van der Waals surface area contributed by atoms with E-state index >= 15 is 0 Å². The van der Waals surface area contributed by atoms with Gasteiger partial charge in [0.05, 0.1) is 19.3 Å². The molecule has 126 valence electrons. The molecule has 2 saturated heterocycles. The summed E-state index contributed by atoms with van der Waals surface area (Å²) in [5.74, 6) is -0.0595. The number of nitrogens with zero attached hydrogens (tertiary/aromatic N) is 2. The van der Waals surface area contributed by atoms with Gasteiger partial charge < -0.3 is 15.0 Å². The molecule has 0 aromatic heterocycles. The quantitative estimate of drug-likeness (QED) is 0.826. The van der Waals surface area contributed by atoms with Crippen LogP contribution in [0.15, 0.2) is 0 Å². The SMILES string of the molecule is CC(NC(=O)C(C)N1CCCCCC1)C(=O)N1CCOCC1. The van der Waals surface area contributed by atoms with E-state index in [1.54, 1.807) is 11.8 Å². The highest BCUT2D eigenvalue weighted by atomic mass is 16.5. The third-order valence-electron chi connectivity index (χ3n) is 4.62. The lowest BCUT2D eigenvalue weighted by atomic mass is 10.2. The van der Waals surface area contributed by atoms with Gasteiger partial charge in [-0.25, -0.2) is 0 Å². The lowest BCUT2D eigenvalue weighted by Crippen LogP contribution is -2.54. The number of likely N-dealkylation sites (tertiary alicyclic amines) is 1. The molecule has 0 spiro atoms. The van der Waals surface area contributed by atoms with E-state index in [0.717, 1.165) is 25.9 Å². The molecule has 2 rings (SSSR count). The van der Waals surface area contributed by atoms with Crippen molar-refractivity contribution in [3.8, 4) is 0 Å². The molecule has 6 heteroatoms. The van der Waals surface area contributed by atoms with E-state index in [1.165, 1.54) is 12.8 Å². The minimum absolute atomic E-state index is 0.0142. The van der Waals surface area contributed by atoms with Crippen molar-refractivity contribution in [2.75, 3.05) is 39.4 Å². The van der Waals surface area contributed by atoms with Crippen molar-refractivity contribution in [1.82, 2.24) is 15.1 Å². The number of morpholine rings is 1. The van der Waals surface area contributed by atoms with Crippen molar-refractivity contribution < 1.29 is 14.3 Å². The Balaban J connectivity index is 1.82. The number of amides is 2. The monoisotopic (exact) mass is 311 g/mol. The highest BCUT2D eigenvalue weighted by Gasteiger charge is 2.27. The average molecular weight is 311 g/mol. The van der Waals surface area contributed by atoms with Crippen LogP contribution in [0.25, 0.3) is 0 Å². The first-order valence-corrected chi connectivity index (χ1v) is 8.50. The Morgan fingerprint density at radius 2 is 1.55 bits per heavy atom. The molecule has 0 saturated carbocycles. The molecule has 2 fully saturated rings. The van der Waals surface area contributed by atoms with E-state index in [2.05, 4.69) is 10.2 Å². The van der Waals surface area contributed by atoms with Gasteiger partial charge >= 0.3 is 0 Å². The molecule has 2 amide bonds. The Labute approximate surface area is 133 Å². The third kappa shape index (κ3) is 4.68. The van der Waals surface area contributed by atoms with Crippen molar-refractivity contribution in [3.05, 3.63) is 0 Å². The molecule has 0 radical (unpaired) electrons. The van der Waals surface area contributed by atoms with E-state index in [-0.39, 0.29) is 17.9 Å². The fraction of sp³-hybridized carbons (Fsp3) is 0.875. The molecule has 2 atom stereocenters. The number of hydrogen-bond donors (Lipinski definition) is 1. The molecule has 2 aliphatic heterocycles. The maximum Gasteiger partial charge on any atom is 0.245 e. The van der Waals surface area contributed by atoms with Crippen LogP contribution in [0, 0.1) is 0 Å². The number of carbonyl (C=O) groups excluding carboxylic acids is 2. The molecule has 2 aliphatic rings. The van der Waals surface area contributed by atoms with E-state index in [4.69, 9.17) is 4.74 Å². The predicted molar refractivity (Wildman–Crippen MR) is 84.5 cm³/mol. The van der Waals surface area contributed by atoms with Crippen LogP contribution in [0.4, 0.5) is 0 Å². The lowest BCUT2D eigenvalue weighted by molar-refractivity contribution is -0.140. The molecule has 6 nitrogen and oxygen atoms in total. The van der Waals surface area contributed by atoms with Crippen molar-refractivity contribution in [2.45, 2.75) is 51.6 Å². The zero-order valence-corrected chi connectivity index (χ0v) is 13.8. The summed E-state index contributed by atoms with van der Waals surface area (Å²) in [4.78, 5) is 28.7. The van der Waals surface area contributed by atoms with E-state index in [1.807, 2.05) is 6.92 Å². The van der Waals surface area contributed by atoms with Gasteiger partial charge in [0, 0.05) is 13.1 Å². The van der Waals surface area contributed by atoms with Crippen LogP contribution in [-0.4, -0.2) is 73.1 Å². The second-order valence-electron chi connectivity index (χ2n) is 6.29. The first-order chi connectivity index (χ1) is 10.6. The number of ether oxygens (including phenoxy) is 1. The molecule has 2 heterocycles. The number of nitrogens with one attached hydrogen (secondary N) is 1. The molecule has 0 aromatic rings. The third-order valence-corrected chi connectivity index (χ3v) is 4.62. The van der Waals surface area contributed by atoms with Crippen LogP contribution in [0.3, 0.4) is 0 Å². The van der Waals surface area contributed by atoms with Crippen LogP contribution < -0.4 is 5.32 Å². The van der Waals surface area contributed by atoms with E-state index in [0.29, 0.717) is 26.3 Å². The molecule has 1 N–H and O–H groups in total. The van der Waals surface area contributed by atoms with Crippen molar-refractivity contribution >= 4 is 11.8 Å². The molecule has 0 aromatic carbocycles. The highest BCUT2D eigenvalue weighted by molar-refractivity contribution is 5.89. The van der Waals surface area contributed by atoms with Gasteiger partial charge in [0.25, 0.3) is 0 Å². The fourth-order valence-electron chi connectivity index (χ4n) is 3.10. The second kappa shape index (κ2) is 8.48. The first-order valence-electron chi connectivity index (χ1n) is 8.50. The Morgan fingerprint density at radius 1 is 0.955 bits per heavy atom. The number of hydrogen-bond acceptors (Lipinski definition) is 4. The fourth-order valence-corrected chi connectivity index (χ4v) is 3.10. The molecule has 0 aliphatic carbocycles. The summed E-state index contributed by atoms with van der Waals surface area (Å²) in [5.41, 5.74) is 0. The van der Waals surface area contributed by atoms with Crippen LogP contribution in [0.2, 0.25) is 0 Å². The molecular weight excluding hydrogens is 282 g/mol. The van der Waals surface area contributed by atoms with Gasteiger partial charge in [0.1, 0.15) is 6.04 Å². The van der Waals surface area contributed by atoms with Gasteiger partial charge in [-0.2, -0.15) is 0 Å². The summed E-state index contributed by atoms with van der Waals surface area (Å²) in [6.45, 7) is 8.03. The Bertz CT molecular complexity index is 375. The Hall–Kier alpha value is -1.14. The zero-order chi connectivity index (χ0) is 15.9. The molecule has 2 unspecified atom stereocenters. The molecule has 0 bridgehead atoms. The molecular formula is C16H29N3O3. The van der Waals surface area contributed by atoms with Crippen molar-refractivity contribution in [1.29, 1.82) is 0 Å². The number of rotatable bonds is 4. The largest absolute Gasteiger partial charge is 0.378 e.